The van der Waals surface area contributed by atoms with E-state index in [1.54, 1.807) is 6.92 Å². The van der Waals surface area contributed by atoms with Gasteiger partial charge in [-0.2, -0.15) is 5.26 Å². The second-order valence-corrected chi connectivity index (χ2v) is 3.16. The number of carbonyl (C=O) groups is 2. The number of rotatable bonds is 3. The Morgan fingerprint density at radius 2 is 2.27 bits per heavy atom. The van der Waals surface area contributed by atoms with Crippen LogP contribution in [-0.2, 0) is 11.2 Å². The van der Waals surface area contributed by atoms with Gasteiger partial charge in [0.15, 0.2) is 0 Å². The molecule has 0 atom stereocenters. The maximum absolute atomic E-state index is 10.7. The molecular weight excluding hydrogens is 194 g/mol. The number of nitriles is 1. The molecule has 0 aliphatic carbocycles. The Morgan fingerprint density at radius 1 is 1.60 bits per heavy atom. The lowest BCUT2D eigenvalue weighted by atomic mass is 9.99. The first kappa shape index (κ1) is 10.9. The molecule has 0 fully saturated rings. The van der Waals surface area contributed by atoms with Gasteiger partial charge in [-0.05, 0) is 30.2 Å². The van der Waals surface area contributed by atoms with Crippen molar-refractivity contribution in [2.45, 2.75) is 13.3 Å². The minimum absolute atomic E-state index is 0.185. The van der Waals surface area contributed by atoms with E-state index in [0.29, 0.717) is 28.5 Å². The molecule has 0 spiro atoms. The smallest absolute Gasteiger partial charge is 0.307 e. The molecule has 0 heterocycles. The Labute approximate surface area is 86.8 Å². The van der Waals surface area contributed by atoms with Gasteiger partial charge in [0.1, 0.15) is 6.29 Å². The number of carboxylic acids is 1. The third kappa shape index (κ3) is 2.41. The minimum atomic E-state index is -0.986. The Hall–Kier alpha value is -2.15. The molecule has 0 radical (unpaired) electrons. The van der Waals surface area contributed by atoms with Crippen LogP contribution in [0.5, 0.6) is 0 Å². The summed E-state index contributed by atoms with van der Waals surface area (Å²) in [4.78, 5) is 21.2. The van der Waals surface area contributed by atoms with Crippen molar-refractivity contribution < 1.29 is 14.7 Å². The second-order valence-electron chi connectivity index (χ2n) is 3.16. The topological polar surface area (TPSA) is 78.2 Å². The first-order valence-corrected chi connectivity index (χ1v) is 4.29. The summed E-state index contributed by atoms with van der Waals surface area (Å²) in [6.07, 6.45) is 0.442. The number of hydrogen-bond donors (Lipinski definition) is 1. The maximum Gasteiger partial charge on any atom is 0.307 e. The van der Waals surface area contributed by atoms with Gasteiger partial charge in [0, 0.05) is 5.56 Å². The highest BCUT2D eigenvalue weighted by Crippen LogP contribution is 2.15. The number of hydrogen-bond acceptors (Lipinski definition) is 3. The number of aliphatic carboxylic acids is 1. The van der Waals surface area contributed by atoms with E-state index < -0.39 is 5.97 Å². The van der Waals surface area contributed by atoms with Crippen molar-refractivity contribution in [3.63, 3.8) is 0 Å². The summed E-state index contributed by atoms with van der Waals surface area (Å²) in [6, 6.07) is 4.93. The Bertz CT molecular complexity index is 458. The summed E-state index contributed by atoms with van der Waals surface area (Å²) in [5.74, 6) is -0.986. The quantitative estimate of drug-likeness (QED) is 0.751. The fourth-order valence-corrected chi connectivity index (χ4v) is 1.31. The molecule has 4 nitrogen and oxygen atoms in total. The van der Waals surface area contributed by atoms with Crippen LogP contribution >= 0.6 is 0 Å². The summed E-state index contributed by atoms with van der Waals surface area (Å²) in [7, 11) is 0. The van der Waals surface area contributed by atoms with Crippen molar-refractivity contribution in [1.82, 2.24) is 0 Å². The molecule has 0 aliphatic heterocycles. The van der Waals surface area contributed by atoms with E-state index in [2.05, 4.69) is 0 Å². The monoisotopic (exact) mass is 203 g/mol. The number of aldehydes is 1. The predicted octanol–water partition coefficient (Wildman–Crippen LogP) is 1.31. The van der Waals surface area contributed by atoms with E-state index in [9.17, 15) is 9.59 Å². The summed E-state index contributed by atoms with van der Waals surface area (Å²) in [5.41, 5.74) is 1.76. The summed E-state index contributed by atoms with van der Waals surface area (Å²) in [5, 5.41) is 17.4. The van der Waals surface area contributed by atoms with Gasteiger partial charge in [-0.3, -0.25) is 9.59 Å². The molecule has 1 rings (SSSR count). The molecule has 15 heavy (non-hydrogen) atoms. The fourth-order valence-electron chi connectivity index (χ4n) is 1.31. The van der Waals surface area contributed by atoms with Gasteiger partial charge in [0.2, 0.25) is 0 Å². The van der Waals surface area contributed by atoms with E-state index in [-0.39, 0.29) is 6.42 Å². The van der Waals surface area contributed by atoms with Crippen LogP contribution in [0, 0.1) is 18.3 Å². The fraction of sp³-hybridized carbons (Fsp3) is 0.182. The zero-order valence-corrected chi connectivity index (χ0v) is 8.15. The van der Waals surface area contributed by atoms with Crippen LogP contribution in [0.2, 0.25) is 0 Å². The van der Waals surface area contributed by atoms with Crippen molar-refractivity contribution in [3.05, 3.63) is 34.4 Å². The standard InChI is InChI=1S/C11H9NO3/c1-7-9(5-12)2-8(4-11(14)15)3-10(7)6-13/h2-3,6H,4H2,1H3,(H,14,15). The molecule has 1 aromatic carbocycles. The lowest BCUT2D eigenvalue weighted by molar-refractivity contribution is -0.136. The highest BCUT2D eigenvalue weighted by molar-refractivity contribution is 5.80. The first-order chi connectivity index (χ1) is 7.08. The van der Waals surface area contributed by atoms with Crippen LogP contribution in [0.1, 0.15) is 27.0 Å². The van der Waals surface area contributed by atoms with Gasteiger partial charge in [-0.1, -0.05) is 0 Å². The van der Waals surface area contributed by atoms with E-state index >= 15 is 0 Å². The Morgan fingerprint density at radius 3 is 2.73 bits per heavy atom. The van der Waals surface area contributed by atoms with Crippen LogP contribution in [0.25, 0.3) is 0 Å². The highest BCUT2D eigenvalue weighted by Gasteiger charge is 2.08. The van der Waals surface area contributed by atoms with Gasteiger partial charge in [0.05, 0.1) is 18.1 Å². The van der Waals surface area contributed by atoms with Crippen molar-refractivity contribution in [2.24, 2.45) is 0 Å². The van der Waals surface area contributed by atoms with Gasteiger partial charge < -0.3 is 5.11 Å². The van der Waals surface area contributed by atoms with Crippen LogP contribution in [0.4, 0.5) is 0 Å². The van der Waals surface area contributed by atoms with E-state index in [1.165, 1.54) is 12.1 Å². The molecule has 0 unspecified atom stereocenters. The summed E-state index contributed by atoms with van der Waals surface area (Å²) < 4.78 is 0. The number of benzene rings is 1. The van der Waals surface area contributed by atoms with Crippen LogP contribution in [0.15, 0.2) is 12.1 Å². The Balaban J connectivity index is 3.28. The van der Waals surface area contributed by atoms with Gasteiger partial charge in [-0.15, -0.1) is 0 Å². The molecule has 0 aliphatic rings. The summed E-state index contributed by atoms with van der Waals surface area (Å²) in [6.45, 7) is 1.66. The molecular formula is C11H9NO3. The normalized spacial score (nSPS) is 9.33. The SMILES string of the molecule is Cc1c(C#N)cc(CC(=O)O)cc1C=O. The first-order valence-electron chi connectivity index (χ1n) is 4.29. The van der Waals surface area contributed by atoms with Crippen LogP contribution < -0.4 is 0 Å². The molecule has 1 N–H and O–H groups in total. The second kappa shape index (κ2) is 4.38. The largest absolute Gasteiger partial charge is 0.481 e. The lowest BCUT2D eigenvalue weighted by Crippen LogP contribution is -2.02. The predicted molar refractivity (Wildman–Crippen MR) is 52.6 cm³/mol. The maximum atomic E-state index is 10.7. The minimum Gasteiger partial charge on any atom is -0.481 e. The number of nitrogens with zero attached hydrogens (tertiary/aromatic N) is 1. The highest BCUT2D eigenvalue weighted by atomic mass is 16.4. The van der Waals surface area contributed by atoms with Crippen molar-refractivity contribution in [1.29, 1.82) is 5.26 Å². The van der Waals surface area contributed by atoms with Crippen molar-refractivity contribution in [2.75, 3.05) is 0 Å². The number of carbonyl (C=O) groups excluding carboxylic acids is 1. The van der Waals surface area contributed by atoms with Crippen LogP contribution in [-0.4, -0.2) is 17.4 Å². The molecule has 0 amide bonds. The zero-order chi connectivity index (χ0) is 11.4. The Kier molecular flexibility index (Phi) is 3.19. The van der Waals surface area contributed by atoms with Crippen molar-refractivity contribution >= 4 is 12.3 Å². The van der Waals surface area contributed by atoms with E-state index in [1.807, 2.05) is 6.07 Å². The summed E-state index contributed by atoms with van der Waals surface area (Å²) >= 11 is 0. The van der Waals surface area contributed by atoms with Crippen LogP contribution in [0.3, 0.4) is 0 Å². The number of carboxylic acid groups (broad SMARTS) is 1. The lowest BCUT2D eigenvalue weighted by Gasteiger charge is -2.04. The van der Waals surface area contributed by atoms with Gasteiger partial charge in [-0.25, -0.2) is 0 Å². The van der Waals surface area contributed by atoms with Gasteiger partial charge in [0.25, 0.3) is 0 Å². The molecule has 0 saturated heterocycles. The molecule has 4 heteroatoms. The average Bonchev–Trinajstić information content (AvgIpc) is 2.19. The van der Waals surface area contributed by atoms with Crippen molar-refractivity contribution in [3.8, 4) is 6.07 Å². The third-order valence-corrected chi connectivity index (χ3v) is 2.11. The van der Waals surface area contributed by atoms with Gasteiger partial charge >= 0.3 is 5.97 Å². The van der Waals surface area contributed by atoms with E-state index in [4.69, 9.17) is 10.4 Å². The zero-order valence-electron chi connectivity index (χ0n) is 8.15. The molecule has 0 aromatic heterocycles. The average molecular weight is 203 g/mol. The van der Waals surface area contributed by atoms with E-state index in [0.717, 1.165) is 0 Å². The molecule has 0 bridgehead atoms. The molecule has 0 saturated carbocycles. The molecule has 1 aromatic rings. The molecule has 76 valence electrons. The third-order valence-electron chi connectivity index (χ3n) is 2.11.